The smallest absolute Gasteiger partial charge is 0.234 e. The van der Waals surface area contributed by atoms with Crippen molar-refractivity contribution in [2.24, 2.45) is 0 Å². The van der Waals surface area contributed by atoms with Gasteiger partial charge in [0.2, 0.25) is 11.1 Å². The third-order valence-electron chi connectivity index (χ3n) is 3.97. The quantitative estimate of drug-likeness (QED) is 0.555. The monoisotopic (exact) mass is 401 g/mol. The van der Waals surface area contributed by atoms with Gasteiger partial charge in [-0.05, 0) is 30.7 Å². The minimum absolute atomic E-state index is 0.142. The molecule has 0 saturated carbocycles. The number of benzene rings is 1. The molecule has 1 N–H and O–H groups in total. The number of aromatic nitrogens is 4. The number of nitrogens with zero attached hydrogens (tertiary/aromatic N) is 4. The Bertz CT molecular complexity index is 924. The summed E-state index contributed by atoms with van der Waals surface area (Å²) in [5, 5.41) is 12.1. The third-order valence-corrected chi connectivity index (χ3v) is 4.89. The average molecular weight is 401 g/mol. The first kappa shape index (κ1) is 19.8. The number of anilines is 1. The number of rotatable bonds is 9. The van der Waals surface area contributed by atoms with Crippen LogP contribution in [-0.4, -0.2) is 45.4 Å². The number of amides is 1. The fraction of sp³-hybridized carbons (Fsp3) is 0.316. The molecule has 28 heavy (non-hydrogen) atoms. The molecule has 0 aliphatic heterocycles. The van der Waals surface area contributed by atoms with Crippen molar-refractivity contribution in [3.8, 4) is 11.5 Å². The second-order valence-corrected chi connectivity index (χ2v) is 6.87. The molecule has 2 heterocycles. The molecule has 0 unspecified atom stereocenters. The first-order valence-corrected chi connectivity index (χ1v) is 9.87. The highest BCUT2D eigenvalue weighted by atomic mass is 32.2. The number of hydrogen-bond acceptors (Lipinski definition) is 6. The zero-order valence-corrected chi connectivity index (χ0v) is 16.9. The highest BCUT2D eigenvalue weighted by Crippen LogP contribution is 2.30. The van der Waals surface area contributed by atoms with E-state index in [2.05, 4.69) is 22.4 Å². The Morgan fingerprint density at radius 3 is 2.57 bits per heavy atom. The van der Waals surface area contributed by atoms with E-state index >= 15 is 0 Å². The molecule has 0 spiro atoms. The molecule has 0 atom stereocenters. The Morgan fingerprint density at radius 2 is 1.89 bits per heavy atom. The SMILES string of the molecule is CCCc1nnc(SCC(=O)Nc2ccc(OC)c(OC)c2)n1-n1cccc1. The van der Waals surface area contributed by atoms with E-state index in [1.807, 2.05) is 33.9 Å². The van der Waals surface area contributed by atoms with Gasteiger partial charge in [-0.3, -0.25) is 9.47 Å². The molecule has 3 aromatic rings. The summed E-state index contributed by atoms with van der Waals surface area (Å²) in [6.07, 6.45) is 5.63. The van der Waals surface area contributed by atoms with Gasteiger partial charge in [-0.15, -0.1) is 10.2 Å². The zero-order valence-electron chi connectivity index (χ0n) is 16.1. The average Bonchev–Trinajstić information content (AvgIpc) is 3.36. The second-order valence-electron chi connectivity index (χ2n) is 5.93. The Kier molecular flexibility index (Phi) is 6.59. The summed E-state index contributed by atoms with van der Waals surface area (Å²) in [7, 11) is 3.13. The number of hydrogen-bond donors (Lipinski definition) is 1. The fourth-order valence-electron chi connectivity index (χ4n) is 2.70. The van der Waals surface area contributed by atoms with E-state index < -0.39 is 0 Å². The lowest BCUT2D eigenvalue weighted by Crippen LogP contribution is -2.16. The van der Waals surface area contributed by atoms with Crippen molar-refractivity contribution in [2.45, 2.75) is 24.9 Å². The summed E-state index contributed by atoms with van der Waals surface area (Å²) in [6, 6.07) is 9.12. The third kappa shape index (κ3) is 4.48. The molecule has 0 fully saturated rings. The van der Waals surface area contributed by atoms with Gasteiger partial charge in [-0.1, -0.05) is 18.7 Å². The molecule has 0 radical (unpaired) electrons. The summed E-state index contributed by atoms with van der Waals surface area (Å²) in [5.41, 5.74) is 0.641. The number of ether oxygens (including phenoxy) is 2. The maximum absolute atomic E-state index is 12.4. The van der Waals surface area contributed by atoms with Crippen molar-refractivity contribution < 1.29 is 14.3 Å². The number of methoxy groups -OCH3 is 2. The van der Waals surface area contributed by atoms with Gasteiger partial charge in [0.15, 0.2) is 17.3 Å². The predicted molar refractivity (Wildman–Crippen MR) is 108 cm³/mol. The van der Waals surface area contributed by atoms with Crippen LogP contribution in [0.1, 0.15) is 19.2 Å². The van der Waals surface area contributed by atoms with Crippen molar-refractivity contribution in [1.29, 1.82) is 0 Å². The number of nitrogens with one attached hydrogen (secondary N) is 1. The normalized spacial score (nSPS) is 10.7. The lowest BCUT2D eigenvalue weighted by molar-refractivity contribution is -0.113. The number of thioether (sulfide) groups is 1. The van der Waals surface area contributed by atoms with Crippen molar-refractivity contribution in [3.05, 3.63) is 48.5 Å². The summed E-state index contributed by atoms with van der Waals surface area (Å²) in [6.45, 7) is 2.10. The van der Waals surface area contributed by atoms with Crippen LogP contribution < -0.4 is 14.8 Å². The van der Waals surface area contributed by atoms with E-state index in [-0.39, 0.29) is 11.7 Å². The van der Waals surface area contributed by atoms with Gasteiger partial charge in [-0.25, -0.2) is 4.68 Å². The highest BCUT2D eigenvalue weighted by Gasteiger charge is 2.15. The van der Waals surface area contributed by atoms with Gasteiger partial charge >= 0.3 is 0 Å². The van der Waals surface area contributed by atoms with Gasteiger partial charge in [0, 0.05) is 30.6 Å². The van der Waals surface area contributed by atoms with Gasteiger partial charge in [0.05, 0.1) is 20.0 Å². The van der Waals surface area contributed by atoms with Crippen LogP contribution in [0.15, 0.2) is 47.9 Å². The zero-order chi connectivity index (χ0) is 19.9. The lowest BCUT2D eigenvalue weighted by atomic mass is 10.2. The largest absolute Gasteiger partial charge is 0.493 e. The molecule has 8 nitrogen and oxygen atoms in total. The van der Waals surface area contributed by atoms with Crippen LogP contribution in [0, 0.1) is 0 Å². The van der Waals surface area contributed by atoms with Gasteiger partial charge in [0.1, 0.15) is 0 Å². The van der Waals surface area contributed by atoms with Gasteiger partial charge in [-0.2, -0.15) is 0 Å². The van der Waals surface area contributed by atoms with E-state index in [4.69, 9.17) is 9.47 Å². The summed E-state index contributed by atoms with van der Waals surface area (Å²) in [5.74, 6) is 2.10. The Hall–Kier alpha value is -2.94. The summed E-state index contributed by atoms with van der Waals surface area (Å²) in [4.78, 5) is 12.4. The summed E-state index contributed by atoms with van der Waals surface area (Å²) >= 11 is 1.34. The standard InChI is InChI=1S/C19H23N5O3S/c1-4-7-17-21-22-19(24(17)23-10-5-6-11-23)28-13-18(25)20-14-8-9-15(26-2)16(12-14)27-3/h5-6,8-12H,4,7,13H2,1-3H3,(H,20,25). The number of carbonyl (C=O) groups is 1. The van der Waals surface area contributed by atoms with E-state index in [9.17, 15) is 4.79 Å². The molecule has 0 saturated heterocycles. The first-order valence-electron chi connectivity index (χ1n) is 8.88. The molecule has 0 aliphatic rings. The minimum Gasteiger partial charge on any atom is -0.493 e. The van der Waals surface area contributed by atoms with Crippen LogP contribution in [0.5, 0.6) is 11.5 Å². The van der Waals surface area contributed by atoms with Gasteiger partial charge < -0.3 is 14.8 Å². The van der Waals surface area contributed by atoms with Crippen LogP contribution in [0.25, 0.3) is 0 Å². The van der Waals surface area contributed by atoms with Gasteiger partial charge in [0.25, 0.3) is 0 Å². The minimum atomic E-state index is -0.142. The molecule has 3 rings (SSSR count). The van der Waals surface area contributed by atoms with Crippen LogP contribution in [-0.2, 0) is 11.2 Å². The van der Waals surface area contributed by atoms with Crippen molar-refractivity contribution in [3.63, 3.8) is 0 Å². The van der Waals surface area contributed by atoms with E-state index in [0.29, 0.717) is 22.3 Å². The van der Waals surface area contributed by atoms with E-state index in [1.54, 1.807) is 32.4 Å². The number of carbonyl (C=O) groups excluding carboxylic acids is 1. The van der Waals surface area contributed by atoms with Crippen molar-refractivity contribution in [2.75, 3.05) is 25.3 Å². The molecule has 0 bridgehead atoms. The second kappa shape index (κ2) is 9.32. The summed E-state index contributed by atoms with van der Waals surface area (Å²) < 4.78 is 14.3. The van der Waals surface area contributed by atoms with Crippen LogP contribution in [0.3, 0.4) is 0 Å². The lowest BCUT2D eigenvalue weighted by Gasteiger charge is -2.12. The first-order chi connectivity index (χ1) is 13.7. The Morgan fingerprint density at radius 1 is 1.14 bits per heavy atom. The predicted octanol–water partition coefficient (Wildman–Crippen LogP) is 3.09. The van der Waals surface area contributed by atoms with Crippen molar-refractivity contribution in [1.82, 2.24) is 19.5 Å². The Labute approximate surface area is 167 Å². The highest BCUT2D eigenvalue weighted by molar-refractivity contribution is 7.99. The molecule has 2 aromatic heterocycles. The topological polar surface area (TPSA) is 83.2 Å². The van der Waals surface area contributed by atoms with E-state index in [0.717, 1.165) is 18.7 Å². The molecular formula is C19H23N5O3S. The molecular weight excluding hydrogens is 378 g/mol. The van der Waals surface area contributed by atoms with E-state index in [1.165, 1.54) is 11.8 Å². The molecule has 148 valence electrons. The maximum atomic E-state index is 12.4. The molecule has 0 aliphatic carbocycles. The Balaban J connectivity index is 1.68. The molecule has 1 aromatic carbocycles. The van der Waals surface area contributed by atoms with Crippen LogP contribution >= 0.6 is 11.8 Å². The molecule has 9 heteroatoms. The maximum Gasteiger partial charge on any atom is 0.234 e. The fourth-order valence-corrected chi connectivity index (χ4v) is 3.45. The van der Waals surface area contributed by atoms with Crippen molar-refractivity contribution >= 4 is 23.4 Å². The molecule has 1 amide bonds. The van der Waals surface area contributed by atoms with Crippen LogP contribution in [0.4, 0.5) is 5.69 Å². The number of aryl methyl sites for hydroxylation is 1. The van der Waals surface area contributed by atoms with Crippen LogP contribution in [0.2, 0.25) is 0 Å².